The molecule has 2 nitrogen and oxygen atoms in total. The summed E-state index contributed by atoms with van der Waals surface area (Å²) >= 11 is 5.79. The van der Waals surface area contributed by atoms with E-state index in [1.807, 2.05) is 19.1 Å². The molecule has 0 aromatic heterocycles. The van der Waals surface area contributed by atoms with Gasteiger partial charge in [0.1, 0.15) is 6.29 Å². The Labute approximate surface area is 82.9 Å². The van der Waals surface area contributed by atoms with Crippen LogP contribution in [0.2, 0.25) is 5.02 Å². The van der Waals surface area contributed by atoms with Crippen LogP contribution >= 0.6 is 11.6 Å². The van der Waals surface area contributed by atoms with Crippen LogP contribution in [0.3, 0.4) is 0 Å². The summed E-state index contributed by atoms with van der Waals surface area (Å²) in [6.45, 7) is 3.76. The highest BCUT2D eigenvalue weighted by molar-refractivity contribution is 6.30. The van der Waals surface area contributed by atoms with Crippen LogP contribution in [0.1, 0.15) is 12.5 Å². The Hall–Kier alpha value is -1.02. The molecule has 13 heavy (non-hydrogen) atoms. The predicted octanol–water partition coefficient (Wildman–Crippen LogP) is 2.65. The lowest BCUT2D eigenvalue weighted by molar-refractivity contribution is -0.108. The standard InChI is InChI=1S/C10H12ClNO/c1-7-5-9(11)3-4-10(7)12-8(2)6-13/h3-6,8,12H,1-2H3. The molecular weight excluding hydrogens is 186 g/mol. The molecule has 0 aliphatic carbocycles. The average molecular weight is 198 g/mol. The SMILES string of the molecule is Cc1cc(Cl)ccc1NC(C)C=O. The number of carbonyl (C=O) groups is 1. The van der Waals surface area contributed by atoms with Crippen LogP contribution in [0.15, 0.2) is 18.2 Å². The average Bonchev–Trinajstić information content (AvgIpc) is 2.09. The van der Waals surface area contributed by atoms with Crippen molar-refractivity contribution in [2.24, 2.45) is 0 Å². The second kappa shape index (κ2) is 4.28. The van der Waals surface area contributed by atoms with Crippen molar-refractivity contribution in [3.8, 4) is 0 Å². The molecular formula is C10H12ClNO. The molecule has 0 aliphatic heterocycles. The third-order valence-corrected chi connectivity index (χ3v) is 2.01. The molecule has 1 N–H and O–H groups in total. The first-order valence-electron chi connectivity index (χ1n) is 4.11. The second-order valence-corrected chi connectivity index (χ2v) is 3.46. The Morgan fingerprint density at radius 1 is 1.54 bits per heavy atom. The molecule has 0 radical (unpaired) electrons. The van der Waals surface area contributed by atoms with E-state index in [1.165, 1.54) is 0 Å². The van der Waals surface area contributed by atoms with E-state index in [4.69, 9.17) is 11.6 Å². The minimum atomic E-state index is -0.167. The number of anilines is 1. The largest absolute Gasteiger partial charge is 0.376 e. The van der Waals surface area contributed by atoms with Gasteiger partial charge in [-0.15, -0.1) is 0 Å². The summed E-state index contributed by atoms with van der Waals surface area (Å²) in [6.07, 6.45) is 0.869. The van der Waals surface area contributed by atoms with E-state index in [9.17, 15) is 4.79 Å². The van der Waals surface area contributed by atoms with Crippen LogP contribution in [0.25, 0.3) is 0 Å². The van der Waals surface area contributed by atoms with E-state index in [-0.39, 0.29) is 6.04 Å². The lowest BCUT2D eigenvalue weighted by Gasteiger charge is -2.11. The van der Waals surface area contributed by atoms with E-state index in [0.717, 1.165) is 17.5 Å². The number of benzene rings is 1. The summed E-state index contributed by atoms with van der Waals surface area (Å²) in [5, 5.41) is 3.77. The van der Waals surface area contributed by atoms with Gasteiger partial charge in [-0.3, -0.25) is 0 Å². The second-order valence-electron chi connectivity index (χ2n) is 3.03. The summed E-state index contributed by atoms with van der Waals surface area (Å²) < 4.78 is 0. The number of halogens is 1. The van der Waals surface area contributed by atoms with Gasteiger partial charge in [-0.25, -0.2) is 0 Å². The van der Waals surface area contributed by atoms with Gasteiger partial charge in [0.15, 0.2) is 0 Å². The van der Waals surface area contributed by atoms with Gasteiger partial charge in [-0.2, -0.15) is 0 Å². The summed E-state index contributed by atoms with van der Waals surface area (Å²) in [4.78, 5) is 10.4. The molecule has 1 atom stereocenters. The van der Waals surface area contributed by atoms with E-state index >= 15 is 0 Å². The number of hydrogen-bond donors (Lipinski definition) is 1. The van der Waals surface area contributed by atoms with Crippen molar-refractivity contribution >= 4 is 23.6 Å². The summed E-state index contributed by atoms with van der Waals surface area (Å²) in [7, 11) is 0. The molecule has 1 aromatic carbocycles. The number of aldehydes is 1. The molecule has 0 heterocycles. The maximum atomic E-state index is 10.4. The van der Waals surface area contributed by atoms with E-state index in [1.54, 1.807) is 13.0 Å². The number of hydrogen-bond acceptors (Lipinski definition) is 2. The molecule has 1 aromatic rings. The molecule has 0 fully saturated rings. The van der Waals surface area contributed by atoms with Crippen LogP contribution in [0.5, 0.6) is 0 Å². The monoisotopic (exact) mass is 197 g/mol. The van der Waals surface area contributed by atoms with Crippen LogP contribution in [0, 0.1) is 6.92 Å². The maximum Gasteiger partial charge on any atom is 0.141 e. The van der Waals surface area contributed by atoms with Gasteiger partial charge < -0.3 is 10.1 Å². The van der Waals surface area contributed by atoms with Gasteiger partial charge in [0, 0.05) is 10.7 Å². The van der Waals surface area contributed by atoms with E-state index in [2.05, 4.69) is 5.32 Å². The Morgan fingerprint density at radius 3 is 2.77 bits per heavy atom. The predicted molar refractivity (Wildman–Crippen MR) is 55.3 cm³/mol. The van der Waals surface area contributed by atoms with Crippen molar-refractivity contribution in [2.45, 2.75) is 19.9 Å². The van der Waals surface area contributed by atoms with E-state index in [0.29, 0.717) is 5.02 Å². The van der Waals surface area contributed by atoms with Crippen LogP contribution in [0.4, 0.5) is 5.69 Å². The first-order valence-corrected chi connectivity index (χ1v) is 4.49. The molecule has 0 aliphatic rings. The van der Waals surface area contributed by atoms with Gasteiger partial charge in [-0.1, -0.05) is 11.6 Å². The third kappa shape index (κ3) is 2.74. The lowest BCUT2D eigenvalue weighted by atomic mass is 10.2. The normalized spacial score (nSPS) is 12.2. The molecule has 0 saturated heterocycles. The Balaban J connectivity index is 2.83. The van der Waals surface area contributed by atoms with Gasteiger partial charge in [0.25, 0.3) is 0 Å². The van der Waals surface area contributed by atoms with Gasteiger partial charge in [-0.05, 0) is 37.6 Å². The van der Waals surface area contributed by atoms with Gasteiger partial charge in [0.05, 0.1) is 6.04 Å². The molecule has 0 saturated carbocycles. The van der Waals surface area contributed by atoms with Crippen molar-refractivity contribution in [2.75, 3.05) is 5.32 Å². The summed E-state index contributed by atoms with van der Waals surface area (Å²) in [5.41, 5.74) is 1.99. The quantitative estimate of drug-likeness (QED) is 0.755. The number of carbonyl (C=O) groups excluding carboxylic acids is 1. The fourth-order valence-corrected chi connectivity index (χ4v) is 1.29. The van der Waals surface area contributed by atoms with Crippen molar-refractivity contribution in [3.05, 3.63) is 28.8 Å². The first-order chi connectivity index (χ1) is 6.13. The number of aryl methyl sites for hydroxylation is 1. The highest BCUT2D eigenvalue weighted by Gasteiger charge is 2.02. The lowest BCUT2D eigenvalue weighted by Crippen LogP contribution is -2.16. The van der Waals surface area contributed by atoms with Gasteiger partial charge in [0.2, 0.25) is 0 Å². The molecule has 70 valence electrons. The highest BCUT2D eigenvalue weighted by atomic mass is 35.5. The zero-order valence-electron chi connectivity index (χ0n) is 7.67. The van der Waals surface area contributed by atoms with Crippen LogP contribution in [-0.2, 0) is 4.79 Å². The zero-order chi connectivity index (χ0) is 9.84. The number of nitrogens with one attached hydrogen (secondary N) is 1. The number of rotatable bonds is 3. The maximum absolute atomic E-state index is 10.4. The summed E-state index contributed by atoms with van der Waals surface area (Å²) in [6, 6.07) is 5.37. The Kier molecular flexibility index (Phi) is 3.32. The fourth-order valence-electron chi connectivity index (χ4n) is 1.07. The highest BCUT2D eigenvalue weighted by Crippen LogP contribution is 2.19. The molecule has 3 heteroatoms. The van der Waals surface area contributed by atoms with Gasteiger partial charge >= 0.3 is 0 Å². The first kappa shape index (κ1) is 10.1. The fraction of sp³-hybridized carbons (Fsp3) is 0.300. The van der Waals surface area contributed by atoms with Crippen molar-refractivity contribution in [3.63, 3.8) is 0 Å². The molecule has 0 spiro atoms. The van der Waals surface area contributed by atoms with E-state index < -0.39 is 0 Å². The molecule has 0 amide bonds. The van der Waals surface area contributed by atoms with Crippen LogP contribution in [-0.4, -0.2) is 12.3 Å². The van der Waals surface area contributed by atoms with Crippen molar-refractivity contribution in [1.29, 1.82) is 0 Å². The molecule has 1 rings (SSSR count). The topological polar surface area (TPSA) is 29.1 Å². The Morgan fingerprint density at radius 2 is 2.23 bits per heavy atom. The minimum Gasteiger partial charge on any atom is -0.376 e. The Bertz CT molecular complexity index is 312. The minimum absolute atomic E-state index is 0.167. The van der Waals surface area contributed by atoms with Crippen LogP contribution < -0.4 is 5.32 Å². The van der Waals surface area contributed by atoms with Crippen molar-refractivity contribution < 1.29 is 4.79 Å². The molecule has 1 unspecified atom stereocenters. The zero-order valence-corrected chi connectivity index (χ0v) is 8.43. The molecule has 0 bridgehead atoms. The third-order valence-electron chi connectivity index (χ3n) is 1.78. The van der Waals surface area contributed by atoms with Crippen molar-refractivity contribution in [1.82, 2.24) is 0 Å². The summed E-state index contributed by atoms with van der Waals surface area (Å²) in [5.74, 6) is 0. The smallest absolute Gasteiger partial charge is 0.141 e.